The summed E-state index contributed by atoms with van der Waals surface area (Å²) >= 11 is 3.32. The molecule has 7 nitrogen and oxygen atoms in total. The Hall–Kier alpha value is -2.09. The summed E-state index contributed by atoms with van der Waals surface area (Å²) in [6.45, 7) is 3.79. The molecule has 134 valence electrons. The Morgan fingerprint density at radius 3 is 2.64 bits per heavy atom. The Bertz CT molecular complexity index is 734. The summed E-state index contributed by atoms with van der Waals surface area (Å²) in [6, 6.07) is 2.72. The second-order valence-electron chi connectivity index (χ2n) is 6.42. The molecule has 1 fully saturated rings. The SMILES string of the molecule is CC(C)C1Oc2ccc(Br)cc2C(C(=O)O)N(C2CCOC2=O)C1=O. The van der Waals surface area contributed by atoms with Gasteiger partial charge in [0, 0.05) is 16.5 Å². The zero-order chi connectivity index (χ0) is 18.3. The molecule has 0 saturated carbocycles. The van der Waals surface area contributed by atoms with Gasteiger partial charge in [-0.2, -0.15) is 0 Å². The third-order valence-electron chi connectivity index (χ3n) is 4.38. The summed E-state index contributed by atoms with van der Waals surface area (Å²) in [6.07, 6.45) is -0.611. The van der Waals surface area contributed by atoms with Crippen molar-refractivity contribution in [3.05, 3.63) is 28.2 Å². The van der Waals surface area contributed by atoms with Gasteiger partial charge in [0.25, 0.3) is 5.91 Å². The van der Waals surface area contributed by atoms with Gasteiger partial charge in [0.2, 0.25) is 0 Å². The molecule has 3 atom stereocenters. The number of hydrogen-bond acceptors (Lipinski definition) is 5. The van der Waals surface area contributed by atoms with Crippen LogP contribution in [0.2, 0.25) is 0 Å². The molecule has 1 aromatic carbocycles. The highest BCUT2D eigenvalue weighted by Gasteiger charge is 2.48. The van der Waals surface area contributed by atoms with Crippen molar-refractivity contribution in [2.24, 2.45) is 5.92 Å². The third kappa shape index (κ3) is 3.10. The van der Waals surface area contributed by atoms with E-state index in [1.165, 1.54) is 0 Å². The topological polar surface area (TPSA) is 93.1 Å². The van der Waals surface area contributed by atoms with Gasteiger partial charge in [-0.15, -0.1) is 0 Å². The van der Waals surface area contributed by atoms with Crippen LogP contribution < -0.4 is 4.74 Å². The summed E-state index contributed by atoms with van der Waals surface area (Å²) in [5.41, 5.74) is 0.332. The van der Waals surface area contributed by atoms with Crippen LogP contribution in [-0.2, 0) is 19.1 Å². The number of benzene rings is 1. The summed E-state index contributed by atoms with van der Waals surface area (Å²) in [7, 11) is 0. The molecule has 1 aromatic rings. The lowest BCUT2D eigenvalue weighted by atomic mass is 10.00. The Balaban J connectivity index is 2.19. The number of fused-ring (bicyclic) bond motifs is 1. The van der Waals surface area contributed by atoms with Gasteiger partial charge in [0.1, 0.15) is 11.8 Å². The first-order chi connectivity index (χ1) is 11.8. The molecular weight excluding hydrogens is 394 g/mol. The number of esters is 1. The average Bonchev–Trinajstić information content (AvgIpc) is 2.90. The van der Waals surface area contributed by atoms with Crippen molar-refractivity contribution in [2.75, 3.05) is 6.61 Å². The number of rotatable bonds is 3. The van der Waals surface area contributed by atoms with Gasteiger partial charge in [0.05, 0.1) is 6.61 Å². The summed E-state index contributed by atoms with van der Waals surface area (Å²) < 4.78 is 11.5. The van der Waals surface area contributed by atoms with Crippen LogP contribution in [0, 0.1) is 5.92 Å². The second-order valence-corrected chi connectivity index (χ2v) is 7.34. The lowest BCUT2D eigenvalue weighted by molar-refractivity contribution is -0.160. The number of hydrogen-bond donors (Lipinski definition) is 1. The predicted octanol–water partition coefficient (Wildman–Crippen LogP) is 2.14. The highest BCUT2D eigenvalue weighted by Crippen LogP contribution is 2.39. The molecular formula is C17H18BrNO6. The normalized spacial score (nSPS) is 26.1. The first-order valence-corrected chi connectivity index (χ1v) is 8.78. The van der Waals surface area contributed by atoms with E-state index < -0.39 is 36.0 Å². The van der Waals surface area contributed by atoms with Gasteiger partial charge >= 0.3 is 11.9 Å². The number of halogens is 1. The standard InChI is InChI=1S/C17H18BrNO6/c1-8(2)14-15(20)19(11-5-6-24-17(11)23)13(16(21)22)10-7-9(18)3-4-12(10)25-14/h3-4,7-8,11,13-14H,5-6H2,1-2H3,(H,21,22). The fourth-order valence-corrected chi connectivity index (χ4v) is 3.57. The van der Waals surface area contributed by atoms with Gasteiger partial charge in [-0.25, -0.2) is 9.59 Å². The number of ether oxygens (including phenoxy) is 2. The first kappa shape index (κ1) is 17.7. The van der Waals surface area contributed by atoms with Crippen LogP contribution in [0.3, 0.4) is 0 Å². The van der Waals surface area contributed by atoms with E-state index in [-0.39, 0.29) is 18.9 Å². The van der Waals surface area contributed by atoms with Crippen LogP contribution in [0.4, 0.5) is 0 Å². The minimum atomic E-state index is -1.32. The van der Waals surface area contributed by atoms with Crippen LogP contribution >= 0.6 is 15.9 Å². The summed E-state index contributed by atoms with van der Waals surface area (Å²) in [5, 5.41) is 9.84. The Morgan fingerprint density at radius 1 is 1.36 bits per heavy atom. The molecule has 1 amide bonds. The lowest BCUT2D eigenvalue weighted by Crippen LogP contribution is -2.52. The van der Waals surface area contributed by atoms with E-state index in [1.54, 1.807) is 18.2 Å². The van der Waals surface area contributed by atoms with Crippen molar-refractivity contribution in [2.45, 2.75) is 38.5 Å². The van der Waals surface area contributed by atoms with Crippen molar-refractivity contribution in [3.8, 4) is 5.75 Å². The number of carbonyl (C=O) groups excluding carboxylic acids is 2. The number of amides is 1. The number of nitrogens with zero attached hydrogens (tertiary/aromatic N) is 1. The molecule has 0 bridgehead atoms. The second kappa shape index (κ2) is 6.67. The predicted molar refractivity (Wildman–Crippen MR) is 90.0 cm³/mol. The molecule has 3 rings (SSSR count). The van der Waals surface area contributed by atoms with E-state index in [4.69, 9.17) is 9.47 Å². The van der Waals surface area contributed by atoms with Crippen molar-refractivity contribution >= 4 is 33.8 Å². The average molecular weight is 412 g/mol. The van der Waals surface area contributed by atoms with Crippen LogP contribution in [0.15, 0.2) is 22.7 Å². The fraction of sp³-hybridized carbons (Fsp3) is 0.471. The first-order valence-electron chi connectivity index (χ1n) is 7.99. The van der Waals surface area contributed by atoms with Crippen LogP contribution in [0.25, 0.3) is 0 Å². The Labute approximate surface area is 153 Å². The molecule has 0 aromatic heterocycles. The van der Waals surface area contributed by atoms with Crippen molar-refractivity contribution in [1.29, 1.82) is 0 Å². The van der Waals surface area contributed by atoms with E-state index in [0.717, 1.165) is 4.90 Å². The zero-order valence-corrected chi connectivity index (χ0v) is 15.4. The van der Waals surface area contributed by atoms with Crippen molar-refractivity contribution < 1.29 is 29.0 Å². The minimum absolute atomic E-state index is 0.165. The van der Waals surface area contributed by atoms with E-state index in [9.17, 15) is 19.5 Å². The van der Waals surface area contributed by atoms with Gasteiger partial charge in [-0.1, -0.05) is 29.8 Å². The molecule has 0 aliphatic carbocycles. The number of carboxylic acids is 1. The third-order valence-corrected chi connectivity index (χ3v) is 4.87. The molecule has 25 heavy (non-hydrogen) atoms. The number of cyclic esters (lactones) is 1. The molecule has 1 N–H and O–H groups in total. The minimum Gasteiger partial charge on any atom is -0.480 e. The largest absolute Gasteiger partial charge is 0.480 e. The summed E-state index contributed by atoms with van der Waals surface area (Å²) in [5.74, 6) is -2.19. The Morgan fingerprint density at radius 2 is 2.08 bits per heavy atom. The smallest absolute Gasteiger partial charge is 0.331 e. The lowest BCUT2D eigenvalue weighted by Gasteiger charge is -2.32. The molecule has 0 spiro atoms. The van der Waals surface area contributed by atoms with Crippen LogP contribution in [0.5, 0.6) is 5.75 Å². The van der Waals surface area contributed by atoms with Crippen molar-refractivity contribution in [1.82, 2.24) is 4.90 Å². The summed E-state index contributed by atoms with van der Waals surface area (Å²) in [4.78, 5) is 38.4. The van der Waals surface area contributed by atoms with Crippen LogP contribution in [0.1, 0.15) is 31.9 Å². The van der Waals surface area contributed by atoms with E-state index in [0.29, 0.717) is 15.8 Å². The molecule has 8 heteroatoms. The maximum absolute atomic E-state index is 13.1. The zero-order valence-electron chi connectivity index (χ0n) is 13.8. The maximum Gasteiger partial charge on any atom is 0.331 e. The molecule has 2 aliphatic heterocycles. The van der Waals surface area contributed by atoms with Crippen LogP contribution in [-0.4, -0.2) is 46.6 Å². The quantitative estimate of drug-likeness (QED) is 0.765. The molecule has 1 saturated heterocycles. The highest BCUT2D eigenvalue weighted by atomic mass is 79.9. The fourth-order valence-electron chi connectivity index (χ4n) is 3.20. The number of carbonyl (C=O) groups is 3. The van der Waals surface area contributed by atoms with E-state index >= 15 is 0 Å². The van der Waals surface area contributed by atoms with Gasteiger partial charge in [-0.3, -0.25) is 4.79 Å². The Kier molecular flexibility index (Phi) is 4.73. The van der Waals surface area contributed by atoms with Gasteiger partial charge in [0.15, 0.2) is 12.1 Å². The highest BCUT2D eigenvalue weighted by molar-refractivity contribution is 9.10. The van der Waals surface area contributed by atoms with E-state index in [2.05, 4.69) is 15.9 Å². The number of carboxylic acid groups (broad SMARTS) is 1. The van der Waals surface area contributed by atoms with E-state index in [1.807, 2.05) is 13.8 Å². The monoisotopic (exact) mass is 411 g/mol. The molecule has 2 aliphatic rings. The van der Waals surface area contributed by atoms with Gasteiger partial charge in [-0.05, 0) is 24.1 Å². The number of aliphatic carboxylic acids is 1. The van der Waals surface area contributed by atoms with Crippen molar-refractivity contribution in [3.63, 3.8) is 0 Å². The molecule has 3 unspecified atom stereocenters. The van der Waals surface area contributed by atoms with Gasteiger partial charge < -0.3 is 19.5 Å². The maximum atomic E-state index is 13.1. The molecule has 2 heterocycles. The molecule has 0 radical (unpaired) electrons.